The van der Waals surface area contributed by atoms with E-state index in [1.165, 1.54) is 0 Å². The molecule has 0 radical (unpaired) electrons. The van der Waals surface area contributed by atoms with E-state index < -0.39 is 12.4 Å². The number of benzene rings is 2. The molecular formula is C18H21NO3. The maximum atomic E-state index is 11.9. The summed E-state index contributed by atoms with van der Waals surface area (Å²) in [5, 5.41) is 0. The van der Waals surface area contributed by atoms with E-state index in [1.54, 1.807) is 12.1 Å². The highest BCUT2D eigenvalue weighted by Crippen LogP contribution is 2.18. The van der Waals surface area contributed by atoms with Gasteiger partial charge >= 0.3 is 6.16 Å². The van der Waals surface area contributed by atoms with Crippen LogP contribution >= 0.6 is 0 Å². The molecule has 0 heterocycles. The van der Waals surface area contributed by atoms with Gasteiger partial charge in [-0.1, -0.05) is 30.3 Å². The third-order valence-corrected chi connectivity index (χ3v) is 3.32. The van der Waals surface area contributed by atoms with Crippen molar-refractivity contribution in [1.82, 2.24) is 0 Å². The van der Waals surface area contributed by atoms with Crippen LogP contribution in [0.25, 0.3) is 0 Å². The van der Waals surface area contributed by atoms with Crippen LogP contribution in [-0.4, -0.2) is 18.9 Å². The van der Waals surface area contributed by atoms with Crippen LogP contribution in [0, 0.1) is 6.92 Å². The van der Waals surface area contributed by atoms with Crippen LogP contribution in [0.3, 0.4) is 0 Å². The molecule has 22 heavy (non-hydrogen) atoms. The first-order valence-electron chi connectivity index (χ1n) is 7.37. The molecule has 0 saturated heterocycles. The minimum atomic E-state index is -0.701. The molecule has 0 aliphatic heterocycles. The van der Waals surface area contributed by atoms with Crippen LogP contribution in [0.2, 0.25) is 0 Å². The van der Waals surface area contributed by atoms with Crippen molar-refractivity contribution >= 4 is 11.8 Å². The van der Waals surface area contributed by atoms with Crippen molar-refractivity contribution in [3.63, 3.8) is 0 Å². The van der Waals surface area contributed by atoms with E-state index >= 15 is 0 Å². The van der Waals surface area contributed by atoms with Gasteiger partial charge in [0.25, 0.3) is 0 Å². The molecule has 2 aromatic rings. The second-order valence-corrected chi connectivity index (χ2v) is 5.01. The molecule has 0 N–H and O–H groups in total. The Balaban J connectivity index is 1.98. The number of ether oxygens (including phenoxy) is 2. The van der Waals surface area contributed by atoms with Gasteiger partial charge < -0.3 is 14.4 Å². The Kier molecular flexibility index (Phi) is 5.42. The summed E-state index contributed by atoms with van der Waals surface area (Å²) in [6, 6.07) is 17.1. The van der Waals surface area contributed by atoms with Crippen molar-refractivity contribution in [2.45, 2.75) is 27.0 Å². The summed E-state index contributed by atoms with van der Waals surface area (Å²) in [7, 11) is 0. The lowest BCUT2D eigenvalue weighted by Crippen LogP contribution is -2.37. The zero-order valence-corrected chi connectivity index (χ0v) is 13.2. The van der Waals surface area contributed by atoms with Crippen molar-refractivity contribution in [3.8, 4) is 5.75 Å². The highest BCUT2D eigenvalue weighted by atomic mass is 16.7. The molecule has 0 fully saturated rings. The minimum Gasteiger partial charge on any atom is -0.410 e. The molecule has 0 aliphatic carbocycles. The van der Waals surface area contributed by atoms with Gasteiger partial charge in [-0.2, -0.15) is 0 Å². The Bertz CT molecular complexity index is 613. The Morgan fingerprint density at radius 2 is 1.86 bits per heavy atom. The number of para-hydroxylation sites is 1. The Morgan fingerprint density at radius 3 is 2.50 bits per heavy atom. The number of rotatable bonds is 5. The van der Waals surface area contributed by atoms with E-state index in [1.807, 2.05) is 68.1 Å². The second-order valence-electron chi connectivity index (χ2n) is 5.01. The van der Waals surface area contributed by atoms with Gasteiger partial charge in [-0.3, -0.25) is 0 Å². The first kappa shape index (κ1) is 15.9. The molecule has 1 unspecified atom stereocenters. The lowest BCUT2D eigenvalue weighted by molar-refractivity contribution is 0.0645. The third kappa shape index (κ3) is 4.25. The first-order valence-corrected chi connectivity index (χ1v) is 7.37. The smallest absolute Gasteiger partial charge is 0.410 e. The number of hydrogen-bond acceptors (Lipinski definition) is 4. The minimum absolute atomic E-state index is 0.412. The van der Waals surface area contributed by atoms with Gasteiger partial charge in [-0.15, -0.1) is 0 Å². The molecule has 2 rings (SSSR count). The van der Waals surface area contributed by atoms with E-state index in [0.717, 1.165) is 17.8 Å². The normalized spacial score (nSPS) is 11.6. The maximum Gasteiger partial charge on any atom is 0.515 e. The summed E-state index contributed by atoms with van der Waals surface area (Å²) in [5.74, 6) is 0.486. The number of carbonyl (C=O) groups is 1. The average molecular weight is 299 g/mol. The molecule has 0 spiro atoms. The van der Waals surface area contributed by atoms with E-state index in [-0.39, 0.29) is 0 Å². The lowest BCUT2D eigenvalue weighted by atomic mass is 10.2. The van der Waals surface area contributed by atoms with Crippen LogP contribution < -0.4 is 9.64 Å². The van der Waals surface area contributed by atoms with Gasteiger partial charge in [-0.05, 0) is 50.6 Å². The predicted molar refractivity (Wildman–Crippen MR) is 87.2 cm³/mol. The van der Waals surface area contributed by atoms with Crippen LogP contribution in [-0.2, 0) is 4.74 Å². The van der Waals surface area contributed by atoms with E-state index in [2.05, 4.69) is 0 Å². The molecule has 4 nitrogen and oxygen atoms in total. The summed E-state index contributed by atoms with van der Waals surface area (Å²) in [5.41, 5.74) is 2.03. The largest absolute Gasteiger partial charge is 0.515 e. The SMILES string of the molecule is CCN(c1ccccc1)C(C)OC(=O)Oc1cccc(C)c1. The highest BCUT2D eigenvalue weighted by Gasteiger charge is 2.18. The molecule has 116 valence electrons. The monoisotopic (exact) mass is 299 g/mol. The lowest BCUT2D eigenvalue weighted by Gasteiger charge is -2.29. The van der Waals surface area contributed by atoms with Crippen LogP contribution in [0.15, 0.2) is 54.6 Å². The third-order valence-electron chi connectivity index (χ3n) is 3.32. The Labute approximate surface area is 131 Å². The number of anilines is 1. The van der Waals surface area contributed by atoms with Crippen LogP contribution in [0.5, 0.6) is 5.75 Å². The van der Waals surface area contributed by atoms with E-state index in [0.29, 0.717) is 5.75 Å². The maximum absolute atomic E-state index is 11.9. The molecule has 1 atom stereocenters. The molecule has 4 heteroatoms. The fourth-order valence-electron chi connectivity index (χ4n) is 2.27. The van der Waals surface area contributed by atoms with Crippen molar-refractivity contribution < 1.29 is 14.3 Å². The van der Waals surface area contributed by atoms with Gasteiger partial charge in [0.05, 0.1) is 0 Å². The van der Waals surface area contributed by atoms with Gasteiger partial charge in [0, 0.05) is 12.2 Å². The quantitative estimate of drug-likeness (QED) is 0.466. The average Bonchev–Trinajstić information content (AvgIpc) is 2.49. The zero-order valence-electron chi connectivity index (χ0n) is 13.2. The van der Waals surface area contributed by atoms with E-state index in [9.17, 15) is 4.79 Å². The second kappa shape index (κ2) is 7.50. The standard InChI is InChI=1S/C18H21NO3/c1-4-19(16-10-6-5-7-11-16)15(3)21-18(20)22-17-12-8-9-14(2)13-17/h5-13,15H,4H2,1-3H3. The van der Waals surface area contributed by atoms with Crippen molar-refractivity contribution in [2.24, 2.45) is 0 Å². The summed E-state index contributed by atoms with van der Waals surface area (Å²) >= 11 is 0. The van der Waals surface area contributed by atoms with Gasteiger partial charge in [0.1, 0.15) is 5.75 Å². The molecule has 0 bridgehead atoms. The summed E-state index contributed by atoms with van der Waals surface area (Å²) in [6.07, 6.45) is -1.11. The summed E-state index contributed by atoms with van der Waals surface area (Å²) < 4.78 is 10.6. The van der Waals surface area contributed by atoms with Crippen LogP contribution in [0.4, 0.5) is 10.5 Å². The number of hydrogen-bond donors (Lipinski definition) is 0. The molecule has 0 amide bonds. The van der Waals surface area contributed by atoms with Gasteiger partial charge in [-0.25, -0.2) is 4.79 Å². The first-order chi connectivity index (χ1) is 10.6. The van der Waals surface area contributed by atoms with Gasteiger partial charge in [0.2, 0.25) is 0 Å². The molecule has 0 aromatic heterocycles. The molecular weight excluding hydrogens is 278 g/mol. The topological polar surface area (TPSA) is 38.8 Å². The molecule has 0 saturated carbocycles. The Hall–Kier alpha value is -2.49. The fraction of sp³-hybridized carbons (Fsp3) is 0.278. The number of nitrogens with zero attached hydrogens (tertiary/aromatic N) is 1. The summed E-state index contributed by atoms with van der Waals surface area (Å²) in [4.78, 5) is 13.9. The fourth-order valence-corrected chi connectivity index (χ4v) is 2.27. The van der Waals surface area contributed by atoms with Gasteiger partial charge in [0.15, 0.2) is 6.23 Å². The molecule has 0 aliphatic rings. The zero-order chi connectivity index (χ0) is 15.9. The molecule has 2 aromatic carbocycles. The number of carbonyl (C=O) groups excluding carboxylic acids is 1. The van der Waals surface area contributed by atoms with Crippen molar-refractivity contribution in [2.75, 3.05) is 11.4 Å². The van der Waals surface area contributed by atoms with E-state index in [4.69, 9.17) is 9.47 Å². The summed E-state index contributed by atoms with van der Waals surface area (Å²) in [6.45, 7) is 6.50. The van der Waals surface area contributed by atoms with Crippen molar-refractivity contribution in [3.05, 3.63) is 60.2 Å². The Morgan fingerprint density at radius 1 is 1.14 bits per heavy atom. The van der Waals surface area contributed by atoms with Crippen LogP contribution in [0.1, 0.15) is 19.4 Å². The number of aryl methyl sites for hydroxylation is 1. The predicted octanol–water partition coefficient (Wildman–Crippen LogP) is 4.38. The highest BCUT2D eigenvalue weighted by molar-refractivity contribution is 5.64. The van der Waals surface area contributed by atoms with Crippen molar-refractivity contribution in [1.29, 1.82) is 0 Å².